The van der Waals surface area contributed by atoms with Crippen molar-refractivity contribution in [3.05, 3.63) is 12.2 Å². The summed E-state index contributed by atoms with van der Waals surface area (Å²) in [6, 6.07) is 0. The van der Waals surface area contributed by atoms with Crippen molar-refractivity contribution in [2.45, 2.75) is 109 Å². The van der Waals surface area contributed by atoms with Crippen LogP contribution in [-0.4, -0.2) is 56.2 Å². The van der Waals surface area contributed by atoms with Gasteiger partial charge in [0, 0.05) is 32.0 Å². The highest BCUT2D eigenvalue weighted by molar-refractivity contribution is 6.74. The molecular formula is C24H44O6Si. The molecule has 1 heterocycles. The van der Waals surface area contributed by atoms with E-state index in [4.69, 9.17) is 19.0 Å². The van der Waals surface area contributed by atoms with Crippen molar-refractivity contribution < 1.29 is 28.9 Å². The van der Waals surface area contributed by atoms with Gasteiger partial charge < -0.3 is 24.1 Å². The third kappa shape index (κ3) is 8.28. The molecule has 2 aliphatic rings. The molecule has 31 heavy (non-hydrogen) atoms. The summed E-state index contributed by atoms with van der Waals surface area (Å²) in [5.74, 6) is -0.556. The Morgan fingerprint density at radius 3 is 2.55 bits per heavy atom. The van der Waals surface area contributed by atoms with Crippen LogP contribution in [0.4, 0.5) is 0 Å². The Balaban J connectivity index is 2.01. The van der Waals surface area contributed by atoms with Gasteiger partial charge in [-0.05, 0) is 62.6 Å². The van der Waals surface area contributed by atoms with Crippen LogP contribution >= 0.6 is 0 Å². The number of carboxylic acid groups (broad SMARTS) is 1. The van der Waals surface area contributed by atoms with Gasteiger partial charge in [0.2, 0.25) is 0 Å². The largest absolute Gasteiger partial charge is 0.481 e. The molecule has 0 amide bonds. The van der Waals surface area contributed by atoms with Crippen LogP contribution in [0, 0.1) is 11.8 Å². The summed E-state index contributed by atoms with van der Waals surface area (Å²) in [5, 5.41) is 19.7. The number of aliphatic carboxylic acids is 1. The molecule has 180 valence electrons. The molecular weight excluding hydrogens is 412 g/mol. The number of carbonyl (C=O) groups is 1. The lowest BCUT2D eigenvalue weighted by Crippen LogP contribution is -2.44. The molecule has 7 heteroatoms. The number of carboxylic acids is 1. The smallest absolute Gasteiger partial charge is 0.303 e. The number of unbranched alkanes of at least 4 members (excludes halogenated alkanes) is 1. The molecule has 2 fully saturated rings. The molecule has 2 N–H and O–H groups in total. The van der Waals surface area contributed by atoms with Gasteiger partial charge in [0.25, 0.3) is 0 Å². The van der Waals surface area contributed by atoms with Crippen molar-refractivity contribution in [3.63, 3.8) is 0 Å². The topological polar surface area (TPSA) is 85.2 Å². The molecule has 0 aromatic heterocycles. The van der Waals surface area contributed by atoms with E-state index in [0.29, 0.717) is 19.4 Å². The Morgan fingerprint density at radius 2 is 1.94 bits per heavy atom. The van der Waals surface area contributed by atoms with Crippen LogP contribution in [0.1, 0.15) is 72.1 Å². The molecule has 1 aliphatic carbocycles. The monoisotopic (exact) mass is 456 g/mol. The summed E-state index contributed by atoms with van der Waals surface area (Å²) in [4.78, 5) is 10.7. The molecule has 0 bridgehead atoms. The second kappa shape index (κ2) is 11.9. The zero-order valence-corrected chi connectivity index (χ0v) is 21.1. The first-order chi connectivity index (χ1) is 14.5. The average molecular weight is 457 g/mol. The number of aliphatic hydroxyl groups excluding tert-OH is 1. The zero-order valence-electron chi connectivity index (χ0n) is 20.1. The number of rotatable bonds is 11. The minimum atomic E-state index is -1.91. The first-order valence-electron chi connectivity index (χ1n) is 12.0. The first-order valence-corrected chi connectivity index (χ1v) is 14.9. The summed E-state index contributed by atoms with van der Waals surface area (Å²) >= 11 is 0. The number of allylic oxidation sites excluding steroid dienone is 2. The van der Waals surface area contributed by atoms with Gasteiger partial charge in [0.05, 0.1) is 12.2 Å². The molecule has 0 radical (unpaired) electrons. The second-order valence-electron chi connectivity index (χ2n) is 10.7. The lowest BCUT2D eigenvalue weighted by Gasteiger charge is -2.38. The molecule has 1 saturated carbocycles. The molecule has 0 aromatic rings. The molecule has 5 atom stereocenters. The van der Waals surface area contributed by atoms with Gasteiger partial charge in [-0.25, -0.2) is 0 Å². The summed E-state index contributed by atoms with van der Waals surface area (Å²) in [6.45, 7) is 12.6. The van der Waals surface area contributed by atoms with Gasteiger partial charge in [-0.15, -0.1) is 0 Å². The third-order valence-electron chi connectivity index (χ3n) is 7.24. The molecule has 1 aliphatic heterocycles. The lowest BCUT2D eigenvalue weighted by atomic mass is 9.91. The van der Waals surface area contributed by atoms with E-state index in [-0.39, 0.29) is 35.7 Å². The van der Waals surface area contributed by atoms with Gasteiger partial charge in [-0.2, -0.15) is 0 Å². The van der Waals surface area contributed by atoms with Crippen molar-refractivity contribution in [1.82, 2.24) is 0 Å². The first kappa shape index (κ1) is 26.5. The van der Waals surface area contributed by atoms with E-state index >= 15 is 0 Å². The van der Waals surface area contributed by atoms with Gasteiger partial charge >= 0.3 is 5.97 Å². The molecule has 1 saturated heterocycles. The van der Waals surface area contributed by atoms with Crippen LogP contribution in [0.5, 0.6) is 0 Å². The normalized spacial score (nSPS) is 30.2. The molecule has 6 nitrogen and oxygen atoms in total. The van der Waals surface area contributed by atoms with E-state index in [2.05, 4.69) is 39.9 Å². The molecule has 0 spiro atoms. The highest BCUT2D eigenvalue weighted by Crippen LogP contribution is 2.42. The van der Waals surface area contributed by atoms with Crippen LogP contribution in [0.2, 0.25) is 18.1 Å². The predicted octanol–water partition coefficient (Wildman–Crippen LogP) is 5.12. The van der Waals surface area contributed by atoms with Gasteiger partial charge in [-0.1, -0.05) is 32.9 Å². The van der Waals surface area contributed by atoms with Crippen LogP contribution < -0.4 is 0 Å². The summed E-state index contributed by atoms with van der Waals surface area (Å²) in [7, 11) is -1.91. The van der Waals surface area contributed by atoms with Crippen LogP contribution in [0.15, 0.2) is 12.2 Å². The molecule has 2 unspecified atom stereocenters. The van der Waals surface area contributed by atoms with E-state index < -0.39 is 20.4 Å². The fraction of sp³-hybridized carbons (Fsp3) is 0.875. The van der Waals surface area contributed by atoms with Crippen molar-refractivity contribution in [3.8, 4) is 0 Å². The van der Waals surface area contributed by atoms with E-state index in [1.807, 2.05) is 6.08 Å². The highest BCUT2D eigenvalue weighted by atomic mass is 28.4. The van der Waals surface area contributed by atoms with Crippen molar-refractivity contribution in [2.24, 2.45) is 11.8 Å². The number of hydrogen-bond acceptors (Lipinski definition) is 5. The van der Waals surface area contributed by atoms with Gasteiger partial charge in [0.15, 0.2) is 14.6 Å². The maximum atomic E-state index is 10.8. The SMILES string of the molecule is CC(C)(C)[Si](C)(C)OC[C@@H]1[C@@H](OC2CCCCO2)CC(O)[C@H]1CC=CCCCC(=O)O. The predicted molar refractivity (Wildman–Crippen MR) is 124 cm³/mol. The average Bonchev–Trinajstić information content (AvgIpc) is 2.97. The van der Waals surface area contributed by atoms with E-state index in [0.717, 1.165) is 38.7 Å². The maximum Gasteiger partial charge on any atom is 0.303 e. The summed E-state index contributed by atoms with van der Waals surface area (Å²) in [5.41, 5.74) is 0. The molecule has 2 rings (SSSR count). The fourth-order valence-corrected chi connectivity index (χ4v) is 5.19. The van der Waals surface area contributed by atoms with Crippen molar-refractivity contribution >= 4 is 14.3 Å². The van der Waals surface area contributed by atoms with E-state index in [1.54, 1.807) is 0 Å². The lowest BCUT2D eigenvalue weighted by molar-refractivity contribution is -0.197. The van der Waals surface area contributed by atoms with Crippen LogP contribution in [0.25, 0.3) is 0 Å². The highest BCUT2D eigenvalue weighted by Gasteiger charge is 2.46. The minimum absolute atomic E-state index is 0.0618. The van der Waals surface area contributed by atoms with Crippen molar-refractivity contribution in [1.29, 1.82) is 0 Å². The maximum absolute atomic E-state index is 10.8. The Kier molecular flexibility index (Phi) is 10.2. The third-order valence-corrected chi connectivity index (χ3v) is 11.7. The molecule has 0 aromatic carbocycles. The van der Waals surface area contributed by atoms with Crippen LogP contribution in [0.3, 0.4) is 0 Å². The Morgan fingerprint density at radius 1 is 1.19 bits per heavy atom. The summed E-state index contributed by atoms with van der Waals surface area (Å²) in [6.07, 6.45) is 9.53. The van der Waals surface area contributed by atoms with Gasteiger partial charge in [0.1, 0.15) is 0 Å². The number of aliphatic hydroxyl groups is 1. The Hall–Kier alpha value is -0.733. The Labute approximate surface area is 189 Å². The number of hydrogen-bond donors (Lipinski definition) is 2. The van der Waals surface area contributed by atoms with Gasteiger partial charge in [-0.3, -0.25) is 4.79 Å². The quantitative estimate of drug-likeness (QED) is 0.255. The fourth-order valence-electron chi connectivity index (χ4n) is 4.14. The minimum Gasteiger partial charge on any atom is -0.481 e. The summed E-state index contributed by atoms with van der Waals surface area (Å²) < 4.78 is 18.7. The number of ether oxygens (including phenoxy) is 2. The second-order valence-corrected chi connectivity index (χ2v) is 15.5. The zero-order chi connectivity index (χ0) is 23.1. The Bertz CT molecular complexity index is 579. The van der Waals surface area contributed by atoms with E-state index in [1.165, 1.54) is 0 Å². The van der Waals surface area contributed by atoms with Crippen molar-refractivity contribution in [2.75, 3.05) is 13.2 Å². The standard InChI is InChI=1S/C24H44O6Si/c1-24(2,3)31(4,5)29-17-19-18(12-8-6-7-9-13-22(26)27)20(25)16-21(19)30-23-14-10-11-15-28-23/h6,8,18-21,23,25H,7,9-17H2,1-5H3,(H,26,27)/t18-,19-,20?,21-,23?/m0/s1. The van der Waals surface area contributed by atoms with E-state index in [9.17, 15) is 9.90 Å². The van der Waals surface area contributed by atoms with Crippen LogP contribution in [-0.2, 0) is 18.7 Å².